The Kier molecular flexibility index (Phi) is 5.17. The van der Waals surface area contributed by atoms with Crippen molar-refractivity contribution in [3.63, 3.8) is 0 Å². The number of amides is 1. The summed E-state index contributed by atoms with van der Waals surface area (Å²) in [6.45, 7) is 0. The minimum absolute atomic E-state index is 0.0869. The third kappa shape index (κ3) is 3.39. The van der Waals surface area contributed by atoms with Crippen molar-refractivity contribution in [2.45, 2.75) is 37.0 Å². The van der Waals surface area contributed by atoms with Gasteiger partial charge in [-0.1, -0.05) is 12.8 Å². The van der Waals surface area contributed by atoms with Crippen molar-refractivity contribution in [2.24, 2.45) is 0 Å². The summed E-state index contributed by atoms with van der Waals surface area (Å²) < 4.78 is 5.10. The van der Waals surface area contributed by atoms with Gasteiger partial charge in [-0.25, -0.2) is 0 Å². The van der Waals surface area contributed by atoms with Crippen LogP contribution in [0.4, 0.5) is 5.69 Å². The summed E-state index contributed by atoms with van der Waals surface area (Å²) in [5.41, 5.74) is 6.91. The largest absolute Gasteiger partial charge is 0.497 e. The van der Waals surface area contributed by atoms with Gasteiger partial charge in [0, 0.05) is 23.0 Å². The quantitative estimate of drug-likeness (QED) is 0.838. The van der Waals surface area contributed by atoms with Gasteiger partial charge in [0.1, 0.15) is 5.75 Å². The number of hydrogen-bond donors (Lipinski definition) is 2. The SMILES string of the molecule is COc1ccc(C(=O)NC2CCCCC2SC)c(N)c1. The molecule has 1 aliphatic carbocycles. The van der Waals surface area contributed by atoms with Crippen LogP contribution in [0.3, 0.4) is 0 Å². The van der Waals surface area contributed by atoms with Gasteiger partial charge in [-0.2, -0.15) is 11.8 Å². The second kappa shape index (κ2) is 6.88. The molecule has 2 unspecified atom stereocenters. The van der Waals surface area contributed by atoms with Crippen molar-refractivity contribution in [1.82, 2.24) is 5.32 Å². The molecule has 110 valence electrons. The summed E-state index contributed by atoms with van der Waals surface area (Å²) in [4.78, 5) is 12.4. The van der Waals surface area contributed by atoms with Gasteiger partial charge in [0.15, 0.2) is 0 Å². The number of nitrogen functional groups attached to an aromatic ring is 1. The summed E-state index contributed by atoms with van der Waals surface area (Å²) in [7, 11) is 1.58. The van der Waals surface area contributed by atoms with E-state index in [-0.39, 0.29) is 11.9 Å². The molecule has 2 rings (SSSR count). The zero-order valence-electron chi connectivity index (χ0n) is 12.0. The predicted molar refractivity (Wildman–Crippen MR) is 84.4 cm³/mol. The monoisotopic (exact) mass is 294 g/mol. The third-order valence-corrected chi connectivity index (χ3v) is 4.99. The molecule has 1 saturated carbocycles. The first-order valence-electron chi connectivity index (χ1n) is 6.93. The van der Waals surface area contributed by atoms with E-state index in [1.54, 1.807) is 25.3 Å². The van der Waals surface area contributed by atoms with Crippen LogP contribution in [0.1, 0.15) is 36.0 Å². The Labute approximate surface area is 124 Å². The number of carbonyl (C=O) groups is 1. The zero-order chi connectivity index (χ0) is 14.5. The maximum absolute atomic E-state index is 12.4. The second-order valence-corrected chi connectivity index (χ2v) is 6.17. The van der Waals surface area contributed by atoms with Crippen LogP contribution in [-0.4, -0.2) is 30.6 Å². The lowest BCUT2D eigenvalue weighted by Gasteiger charge is -2.31. The van der Waals surface area contributed by atoms with E-state index in [0.717, 1.165) is 6.42 Å². The van der Waals surface area contributed by atoms with Crippen LogP contribution in [0.2, 0.25) is 0 Å². The third-order valence-electron chi connectivity index (χ3n) is 3.83. The Morgan fingerprint density at radius 2 is 2.15 bits per heavy atom. The molecule has 2 atom stereocenters. The summed E-state index contributed by atoms with van der Waals surface area (Å²) in [5, 5.41) is 3.64. The Morgan fingerprint density at radius 1 is 1.40 bits per heavy atom. The van der Waals surface area contributed by atoms with Gasteiger partial charge < -0.3 is 15.8 Å². The van der Waals surface area contributed by atoms with E-state index in [4.69, 9.17) is 10.5 Å². The zero-order valence-corrected chi connectivity index (χ0v) is 12.8. The normalized spacial score (nSPS) is 22.3. The number of thioether (sulfide) groups is 1. The lowest BCUT2D eigenvalue weighted by Crippen LogP contribution is -2.43. The first-order valence-corrected chi connectivity index (χ1v) is 8.21. The molecule has 3 N–H and O–H groups in total. The molecule has 5 heteroatoms. The van der Waals surface area contributed by atoms with Crippen molar-refractivity contribution >= 4 is 23.4 Å². The number of ether oxygens (including phenoxy) is 1. The number of benzene rings is 1. The Balaban J connectivity index is 2.07. The highest BCUT2D eigenvalue weighted by Crippen LogP contribution is 2.28. The lowest BCUT2D eigenvalue weighted by molar-refractivity contribution is 0.0930. The molecule has 1 aromatic rings. The molecule has 0 saturated heterocycles. The molecule has 1 amide bonds. The fourth-order valence-electron chi connectivity index (χ4n) is 2.66. The van der Waals surface area contributed by atoms with E-state index in [2.05, 4.69) is 11.6 Å². The van der Waals surface area contributed by atoms with Crippen LogP contribution in [-0.2, 0) is 0 Å². The van der Waals surface area contributed by atoms with Crippen molar-refractivity contribution in [3.8, 4) is 5.75 Å². The Morgan fingerprint density at radius 3 is 2.80 bits per heavy atom. The van der Waals surface area contributed by atoms with Gasteiger partial charge in [0.2, 0.25) is 0 Å². The molecule has 0 heterocycles. The van der Waals surface area contributed by atoms with Crippen LogP contribution in [0.25, 0.3) is 0 Å². The average molecular weight is 294 g/mol. The Bertz CT molecular complexity index is 479. The number of hydrogen-bond acceptors (Lipinski definition) is 4. The van der Waals surface area contributed by atoms with Gasteiger partial charge in [-0.3, -0.25) is 4.79 Å². The number of anilines is 1. The molecule has 0 spiro atoms. The van der Waals surface area contributed by atoms with Crippen LogP contribution in [0.15, 0.2) is 18.2 Å². The molecule has 0 radical (unpaired) electrons. The molecule has 1 aromatic carbocycles. The molecule has 4 nitrogen and oxygen atoms in total. The van der Waals surface area contributed by atoms with Gasteiger partial charge in [0.25, 0.3) is 5.91 Å². The summed E-state index contributed by atoms with van der Waals surface area (Å²) in [6.07, 6.45) is 6.76. The van der Waals surface area contributed by atoms with Crippen molar-refractivity contribution in [3.05, 3.63) is 23.8 Å². The second-order valence-electron chi connectivity index (χ2n) is 5.09. The summed E-state index contributed by atoms with van der Waals surface area (Å²) >= 11 is 1.84. The molecular formula is C15H22N2O2S. The highest BCUT2D eigenvalue weighted by molar-refractivity contribution is 7.99. The maximum atomic E-state index is 12.4. The molecule has 0 aliphatic heterocycles. The topological polar surface area (TPSA) is 64.3 Å². The highest BCUT2D eigenvalue weighted by atomic mass is 32.2. The standard InChI is InChI=1S/C15H22N2O2S/c1-19-10-7-8-11(12(16)9-10)15(18)17-13-5-3-4-6-14(13)20-2/h7-9,13-14H,3-6,16H2,1-2H3,(H,17,18). The van der Waals surface area contributed by atoms with E-state index in [9.17, 15) is 4.79 Å². The van der Waals surface area contributed by atoms with Gasteiger partial charge in [-0.05, 0) is 31.2 Å². The minimum atomic E-state index is -0.0869. The fourth-order valence-corrected chi connectivity index (χ4v) is 3.60. The van der Waals surface area contributed by atoms with Gasteiger partial charge in [-0.15, -0.1) is 0 Å². The van der Waals surface area contributed by atoms with E-state index in [1.807, 2.05) is 11.8 Å². The molecule has 20 heavy (non-hydrogen) atoms. The molecule has 0 bridgehead atoms. The van der Waals surface area contributed by atoms with Crippen LogP contribution in [0.5, 0.6) is 5.75 Å². The summed E-state index contributed by atoms with van der Waals surface area (Å²) in [5.74, 6) is 0.579. The van der Waals surface area contributed by atoms with Crippen LogP contribution < -0.4 is 15.8 Å². The van der Waals surface area contributed by atoms with Gasteiger partial charge >= 0.3 is 0 Å². The Hall–Kier alpha value is -1.36. The van der Waals surface area contributed by atoms with E-state index >= 15 is 0 Å². The van der Waals surface area contributed by atoms with E-state index in [0.29, 0.717) is 22.3 Å². The van der Waals surface area contributed by atoms with E-state index < -0.39 is 0 Å². The molecular weight excluding hydrogens is 272 g/mol. The first-order chi connectivity index (χ1) is 9.65. The number of nitrogens with two attached hydrogens (primary N) is 1. The molecule has 1 fully saturated rings. The predicted octanol–water partition coefficient (Wildman–Crippen LogP) is 2.68. The van der Waals surface area contributed by atoms with Gasteiger partial charge in [0.05, 0.1) is 12.7 Å². The van der Waals surface area contributed by atoms with Crippen LogP contribution >= 0.6 is 11.8 Å². The van der Waals surface area contributed by atoms with Crippen molar-refractivity contribution < 1.29 is 9.53 Å². The maximum Gasteiger partial charge on any atom is 0.253 e. The first kappa shape index (κ1) is 15.0. The van der Waals surface area contributed by atoms with E-state index in [1.165, 1.54) is 19.3 Å². The lowest BCUT2D eigenvalue weighted by atomic mass is 9.94. The van der Waals surface area contributed by atoms with Crippen molar-refractivity contribution in [1.29, 1.82) is 0 Å². The molecule has 0 aromatic heterocycles. The summed E-state index contributed by atoms with van der Waals surface area (Å²) in [6, 6.07) is 5.41. The number of methoxy groups -OCH3 is 1. The highest BCUT2D eigenvalue weighted by Gasteiger charge is 2.26. The van der Waals surface area contributed by atoms with Crippen molar-refractivity contribution in [2.75, 3.05) is 19.1 Å². The smallest absolute Gasteiger partial charge is 0.253 e. The fraction of sp³-hybridized carbons (Fsp3) is 0.533. The average Bonchev–Trinajstić information content (AvgIpc) is 2.47. The number of carbonyl (C=O) groups excluding carboxylic acids is 1. The number of rotatable bonds is 4. The number of nitrogens with one attached hydrogen (secondary N) is 1. The molecule has 1 aliphatic rings. The van der Waals surface area contributed by atoms with Crippen LogP contribution in [0, 0.1) is 0 Å². The minimum Gasteiger partial charge on any atom is -0.497 e.